The number of benzene rings is 2. The van der Waals surface area contributed by atoms with Crippen molar-refractivity contribution in [2.75, 3.05) is 6.61 Å². The highest BCUT2D eigenvalue weighted by atomic mass is 19.1. The monoisotopic (exact) mass is 432 g/mol. The Morgan fingerprint density at radius 2 is 1.81 bits per heavy atom. The van der Waals surface area contributed by atoms with Crippen LogP contribution in [0, 0.1) is 5.82 Å². The number of aromatic nitrogens is 1. The molecule has 1 aliphatic heterocycles. The van der Waals surface area contributed by atoms with Gasteiger partial charge in [-0.05, 0) is 60.5 Å². The summed E-state index contributed by atoms with van der Waals surface area (Å²) in [5.41, 5.74) is 1.59. The Morgan fingerprint density at radius 1 is 1.09 bits per heavy atom. The van der Waals surface area contributed by atoms with Gasteiger partial charge in [0.05, 0.1) is 18.2 Å². The highest BCUT2D eigenvalue weighted by Gasteiger charge is 2.46. The standard InChI is InChI=1S/C25H21FN2O4/c1-2-32-20-11-7-17(8-12-20)22-21(23(29)18-5-9-19(26)10-6-18)24(30)25(31)28(22)15-16-4-3-13-27-14-16/h3-14,22,29H,2,15H2,1H3/t22-/m0/s1. The van der Waals surface area contributed by atoms with Gasteiger partial charge >= 0.3 is 0 Å². The molecule has 32 heavy (non-hydrogen) atoms. The van der Waals surface area contributed by atoms with Gasteiger partial charge in [0.15, 0.2) is 0 Å². The fourth-order valence-electron chi connectivity index (χ4n) is 3.75. The lowest BCUT2D eigenvalue weighted by atomic mass is 9.95. The Morgan fingerprint density at radius 3 is 2.44 bits per heavy atom. The number of aliphatic hydroxyl groups is 1. The predicted molar refractivity (Wildman–Crippen MR) is 116 cm³/mol. The summed E-state index contributed by atoms with van der Waals surface area (Å²) in [7, 11) is 0. The maximum atomic E-state index is 13.4. The van der Waals surface area contributed by atoms with Crippen LogP contribution in [-0.4, -0.2) is 33.3 Å². The molecule has 4 rings (SSSR count). The summed E-state index contributed by atoms with van der Waals surface area (Å²) < 4.78 is 18.9. The Balaban J connectivity index is 1.83. The number of nitrogens with zero attached hydrogens (tertiary/aromatic N) is 2. The van der Waals surface area contributed by atoms with Crippen LogP contribution in [0.15, 0.2) is 78.6 Å². The van der Waals surface area contributed by atoms with Gasteiger partial charge in [-0.1, -0.05) is 18.2 Å². The molecule has 0 saturated carbocycles. The molecule has 1 N–H and O–H groups in total. The molecular weight excluding hydrogens is 411 g/mol. The first-order valence-corrected chi connectivity index (χ1v) is 10.2. The molecule has 0 unspecified atom stereocenters. The lowest BCUT2D eigenvalue weighted by Crippen LogP contribution is -2.29. The lowest BCUT2D eigenvalue weighted by molar-refractivity contribution is -0.140. The van der Waals surface area contributed by atoms with Crippen LogP contribution in [-0.2, 0) is 16.1 Å². The molecule has 1 fully saturated rings. The third-order valence-electron chi connectivity index (χ3n) is 5.24. The molecule has 0 bridgehead atoms. The average molecular weight is 432 g/mol. The largest absolute Gasteiger partial charge is 0.507 e. The molecule has 162 valence electrons. The number of hydrogen-bond donors (Lipinski definition) is 1. The van der Waals surface area contributed by atoms with Crippen molar-refractivity contribution in [3.8, 4) is 5.75 Å². The molecular formula is C25H21FN2O4. The molecule has 2 aromatic carbocycles. The fraction of sp³-hybridized carbons (Fsp3) is 0.160. The van der Waals surface area contributed by atoms with Crippen molar-refractivity contribution in [1.29, 1.82) is 0 Å². The van der Waals surface area contributed by atoms with Crippen LogP contribution in [0.5, 0.6) is 5.75 Å². The summed E-state index contributed by atoms with van der Waals surface area (Å²) in [6.07, 6.45) is 3.24. The summed E-state index contributed by atoms with van der Waals surface area (Å²) in [6, 6.07) is 14.9. The predicted octanol–water partition coefficient (Wildman–Crippen LogP) is 4.24. The second-order valence-electron chi connectivity index (χ2n) is 7.30. The summed E-state index contributed by atoms with van der Waals surface area (Å²) >= 11 is 0. The quantitative estimate of drug-likeness (QED) is 0.358. The first-order chi connectivity index (χ1) is 15.5. The second-order valence-corrected chi connectivity index (χ2v) is 7.30. The van der Waals surface area contributed by atoms with Crippen LogP contribution in [0.4, 0.5) is 4.39 Å². The number of aliphatic hydroxyl groups excluding tert-OH is 1. The van der Waals surface area contributed by atoms with E-state index in [9.17, 15) is 19.1 Å². The van der Waals surface area contributed by atoms with Crippen LogP contribution < -0.4 is 4.74 Å². The number of amides is 1. The van der Waals surface area contributed by atoms with E-state index in [1.165, 1.54) is 29.2 Å². The molecule has 1 saturated heterocycles. The number of ketones is 1. The molecule has 6 nitrogen and oxygen atoms in total. The minimum absolute atomic E-state index is 0.0466. The van der Waals surface area contributed by atoms with Gasteiger partial charge < -0.3 is 14.7 Å². The highest BCUT2D eigenvalue weighted by Crippen LogP contribution is 2.40. The van der Waals surface area contributed by atoms with Crippen molar-refractivity contribution in [2.45, 2.75) is 19.5 Å². The van der Waals surface area contributed by atoms with Crippen LogP contribution in [0.25, 0.3) is 5.76 Å². The zero-order valence-electron chi connectivity index (χ0n) is 17.4. The number of pyridine rings is 1. The van der Waals surface area contributed by atoms with E-state index >= 15 is 0 Å². The normalized spacial score (nSPS) is 17.6. The molecule has 0 spiro atoms. The smallest absolute Gasteiger partial charge is 0.295 e. The summed E-state index contributed by atoms with van der Waals surface area (Å²) in [5, 5.41) is 11.0. The maximum Gasteiger partial charge on any atom is 0.295 e. The first-order valence-electron chi connectivity index (χ1n) is 10.2. The van der Waals surface area contributed by atoms with Crippen LogP contribution in [0.2, 0.25) is 0 Å². The summed E-state index contributed by atoms with van der Waals surface area (Å²) in [6.45, 7) is 2.51. The van der Waals surface area contributed by atoms with E-state index in [4.69, 9.17) is 4.74 Å². The van der Waals surface area contributed by atoms with Gasteiger partial charge in [0.1, 0.15) is 17.3 Å². The molecule has 1 aliphatic rings. The zero-order valence-corrected chi connectivity index (χ0v) is 17.4. The number of Topliss-reactive ketones (excluding diaryl/α,β-unsaturated/α-hetero) is 1. The summed E-state index contributed by atoms with van der Waals surface area (Å²) in [4.78, 5) is 31.5. The number of hydrogen-bond acceptors (Lipinski definition) is 5. The molecule has 0 radical (unpaired) electrons. The fourth-order valence-corrected chi connectivity index (χ4v) is 3.75. The number of carbonyl (C=O) groups is 2. The first kappa shape index (κ1) is 21.2. The molecule has 1 aromatic heterocycles. The second kappa shape index (κ2) is 9.01. The van der Waals surface area contributed by atoms with Crippen molar-refractivity contribution in [1.82, 2.24) is 9.88 Å². The Hall–Kier alpha value is -4.00. The number of halogens is 1. The van der Waals surface area contributed by atoms with E-state index in [1.54, 1.807) is 42.7 Å². The van der Waals surface area contributed by atoms with E-state index in [2.05, 4.69) is 4.98 Å². The molecule has 1 amide bonds. The third kappa shape index (κ3) is 4.09. The minimum Gasteiger partial charge on any atom is -0.507 e. The van der Waals surface area contributed by atoms with Gasteiger partial charge in [-0.2, -0.15) is 0 Å². The van der Waals surface area contributed by atoms with Crippen molar-refractivity contribution < 1.29 is 23.8 Å². The van der Waals surface area contributed by atoms with Gasteiger partial charge in [0.25, 0.3) is 11.7 Å². The van der Waals surface area contributed by atoms with Crippen molar-refractivity contribution in [3.05, 3.63) is 101 Å². The Bertz CT molecular complexity index is 1160. The van der Waals surface area contributed by atoms with E-state index < -0.39 is 23.5 Å². The third-order valence-corrected chi connectivity index (χ3v) is 5.24. The number of ether oxygens (including phenoxy) is 1. The van der Waals surface area contributed by atoms with Gasteiger partial charge in [-0.3, -0.25) is 14.6 Å². The van der Waals surface area contributed by atoms with Crippen LogP contribution in [0.3, 0.4) is 0 Å². The topological polar surface area (TPSA) is 79.7 Å². The molecule has 0 aliphatic carbocycles. The number of rotatable bonds is 6. The van der Waals surface area contributed by atoms with Gasteiger partial charge in [0, 0.05) is 24.5 Å². The average Bonchev–Trinajstić information content (AvgIpc) is 3.05. The van der Waals surface area contributed by atoms with E-state index in [0.717, 1.165) is 5.56 Å². The van der Waals surface area contributed by atoms with E-state index in [1.807, 2.05) is 13.0 Å². The molecule has 7 heteroatoms. The molecule has 2 heterocycles. The minimum atomic E-state index is -0.823. The molecule has 1 atom stereocenters. The maximum absolute atomic E-state index is 13.4. The van der Waals surface area contributed by atoms with Gasteiger partial charge in [-0.25, -0.2) is 4.39 Å². The molecule has 3 aromatic rings. The van der Waals surface area contributed by atoms with Crippen molar-refractivity contribution in [2.24, 2.45) is 0 Å². The summed E-state index contributed by atoms with van der Waals surface area (Å²) in [5.74, 6) is -1.69. The Kier molecular flexibility index (Phi) is 5.98. The van der Waals surface area contributed by atoms with E-state index in [-0.39, 0.29) is 23.4 Å². The SMILES string of the molecule is CCOc1ccc([C@H]2C(=C(O)c3ccc(F)cc3)C(=O)C(=O)N2Cc2cccnc2)cc1. The van der Waals surface area contributed by atoms with Crippen molar-refractivity contribution >= 4 is 17.4 Å². The van der Waals surface area contributed by atoms with Gasteiger partial charge in [-0.15, -0.1) is 0 Å². The lowest BCUT2D eigenvalue weighted by Gasteiger charge is -2.25. The van der Waals surface area contributed by atoms with Crippen LogP contribution >= 0.6 is 0 Å². The number of likely N-dealkylation sites (tertiary alicyclic amines) is 1. The van der Waals surface area contributed by atoms with Gasteiger partial charge in [0.2, 0.25) is 0 Å². The van der Waals surface area contributed by atoms with E-state index in [0.29, 0.717) is 17.9 Å². The Labute approximate surface area is 184 Å². The van der Waals surface area contributed by atoms with Crippen molar-refractivity contribution in [3.63, 3.8) is 0 Å². The number of carbonyl (C=O) groups excluding carboxylic acids is 2. The zero-order chi connectivity index (χ0) is 22.7. The van der Waals surface area contributed by atoms with Crippen LogP contribution in [0.1, 0.15) is 29.7 Å². The highest BCUT2D eigenvalue weighted by molar-refractivity contribution is 6.46.